The SMILES string of the molecule is CCOc1ccc(-c2nc(N(C(=O)CC)c3cccc(Br)c3)sc2C)cc1. The number of rotatable bonds is 6. The molecule has 0 unspecified atom stereocenters. The van der Waals surface area contributed by atoms with E-state index in [2.05, 4.69) is 15.9 Å². The van der Waals surface area contributed by atoms with Gasteiger partial charge in [-0.15, -0.1) is 11.3 Å². The molecule has 140 valence electrons. The molecule has 0 spiro atoms. The molecule has 0 radical (unpaired) electrons. The van der Waals surface area contributed by atoms with E-state index in [9.17, 15) is 4.79 Å². The van der Waals surface area contributed by atoms with Gasteiger partial charge in [-0.3, -0.25) is 9.69 Å². The van der Waals surface area contributed by atoms with Gasteiger partial charge in [0.25, 0.3) is 0 Å². The molecule has 0 atom stereocenters. The van der Waals surface area contributed by atoms with Crippen molar-refractivity contribution in [3.63, 3.8) is 0 Å². The average Bonchev–Trinajstić information content (AvgIpc) is 3.04. The third-order valence-corrected chi connectivity index (χ3v) is 5.48. The van der Waals surface area contributed by atoms with Crippen LogP contribution < -0.4 is 9.64 Å². The van der Waals surface area contributed by atoms with Crippen molar-refractivity contribution in [2.45, 2.75) is 27.2 Å². The van der Waals surface area contributed by atoms with E-state index < -0.39 is 0 Å². The number of anilines is 2. The maximum Gasteiger partial charge on any atom is 0.233 e. The van der Waals surface area contributed by atoms with E-state index in [1.54, 1.807) is 4.90 Å². The highest BCUT2D eigenvalue weighted by Gasteiger charge is 2.22. The van der Waals surface area contributed by atoms with Crippen molar-refractivity contribution in [2.24, 2.45) is 0 Å². The lowest BCUT2D eigenvalue weighted by molar-refractivity contribution is -0.117. The molecule has 0 bridgehead atoms. The van der Waals surface area contributed by atoms with Gasteiger partial charge in [0.2, 0.25) is 5.91 Å². The predicted molar refractivity (Wildman–Crippen MR) is 115 cm³/mol. The molecular weight excluding hydrogens is 424 g/mol. The van der Waals surface area contributed by atoms with Crippen molar-refractivity contribution in [3.05, 3.63) is 57.9 Å². The van der Waals surface area contributed by atoms with Gasteiger partial charge in [0.15, 0.2) is 5.13 Å². The fraction of sp³-hybridized carbons (Fsp3) is 0.238. The molecule has 0 N–H and O–H groups in total. The lowest BCUT2D eigenvalue weighted by atomic mass is 10.1. The summed E-state index contributed by atoms with van der Waals surface area (Å²) in [5.41, 5.74) is 2.71. The van der Waals surface area contributed by atoms with Crippen molar-refractivity contribution in [1.29, 1.82) is 0 Å². The lowest BCUT2D eigenvalue weighted by Gasteiger charge is -2.19. The van der Waals surface area contributed by atoms with E-state index in [1.807, 2.05) is 69.3 Å². The van der Waals surface area contributed by atoms with Crippen LogP contribution in [0.5, 0.6) is 5.75 Å². The van der Waals surface area contributed by atoms with E-state index in [0.717, 1.165) is 32.0 Å². The summed E-state index contributed by atoms with van der Waals surface area (Å²) >= 11 is 5.01. The van der Waals surface area contributed by atoms with Crippen molar-refractivity contribution < 1.29 is 9.53 Å². The second-order valence-electron chi connectivity index (χ2n) is 5.92. The van der Waals surface area contributed by atoms with Crippen LogP contribution in [0.2, 0.25) is 0 Å². The number of thiazole rings is 1. The molecule has 1 amide bonds. The number of benzene rings is 2. The highest BCUT2D eigenvalue weighted by atomic mass is 79.9. The number of hydrogen-bond acceptors (Lipinski definition) is 4. The standard InChI is InChI=1S/C21H21BrN2O2S/c1-4-19(25)24(17-8-6-7-16(22)13-17)21-23-20(14(3)27-21)15-9-11-18(12-10-15)26-5-2/h6-13H,4-5H2,1-3H3. The minimum atomic E-state index is 0.0140. The van der Waals surface area contributed by atoms with Gasteiger partial charge in [-0.05, 0) is 56.3 Å². The summed E-state index contributed by atoms with van der Waals surface area (Å²) in [6.45, 7) is 6.50. The Balaban J connectivity index is 2.00. The van der Waals surface area contributed by atoms with Gasteiger partial charge in [0.05, 0.1) is 18.0 Å². The van der Waals surface area contributed by atoms with Crippen LogP contribution in [0.25, 0.3) is 11.3 Å². The average molecular weight is 445 g/mol. The van der Waals surface area contributed by atoms with Crippen molar-refractivity contribution in [1.82, 2.24) is 4.98 Å². The van der Waals surface area contributed by atoms with E-state index in [-0.39, 0.29) is 5.91 Å². The summed E-state index contributed by atoms with van der Waals surface area (Å²) in [5.74, 6) is 0.853. The van der Waals surface area contributed by atoms with Crippen LogP contribution >= 0.6 is 27.3 Å². The molecule has 6 heteroatoms. The monoisotopic (exact) mass is 444 g/mol. The van der Waals surface area contributed by atoms with E-state index >= 15 is 0 Å². The topological polar surface area (TPSA) is 42.4 Å². The second kappa shape index (κ2) is 8.67. The first-order valence-electron chi connectivity index (χ1n) is 8.82. The molecular formula is C21H21BrN2O2S. The Bertz CT molecular complexity index is 938. The zero-order chi connectivity index (χ0) is 19.4. The number of ether oxygens (including phenoxy) is 1. The lowest BCUT2D eigenvalue weighted by Crippen LogP contribution is -2.24. The van der Waals surface area contributed by atoms with Crippen LogP contribution in [-0.2, 0) is 4.79 Å². The fourth-order valence-corrected chi connectivity index (χ4v) is 4.11. The zero-order valence-electron chi connectivity index (χ0n) is 15.5. The molecule has 0 fully saturated rings. The van der Waals surface area contributed by atoms with Crippen LogP contribution in [0, 0.1) is 6.92 Å². The number of nitrogens with zero attached hydrogens (tertiary/aromatic N) is 2. The third-order valence-electron chi connectivity index (χ3n) is 4.03. The molecule has 0 saturated carbocycles. The minimum absolute atomic E-state index is 0.0140. The van der Waals surface area contributed by atoms with Crippen molar-refractivity contribution >= 4 is 44.0 Å². The number of aryl methyl sites for hydroxylation is 1. The molecule has 3 aromatic rings. The summed E-state index contributed by atoms with van der Waals surface area (Å²) in [6.07, 6.45) is 0.406. The highest BCUT2D eigenvalue weighted by Crippen LogP contribution is 2.37. The first-order valence-corrected chi connectivity index (χ1v) is 10.4. The van der Waals surface area contributed by atoms with Crippen molar-refractivity contribution in [3.8, 4) is 17.0 Å². The molecule has 3 rings (SSSR count). The van der Waals surface area contributed by atoms with Gasteiger partial charge in [0.1, 0.15) is 5.75 Å². The van der Waals surface area contributed by atoms with Crippen LogP contribution in [0.15, 0.2) is 53.0 Å². The van der Waals surface area contributed by atoms with Gasteiger partial charge < -0.3 is 4.74 Å². The summed E-state index contributed by atoms with van der Waals surface area (Å²) in [7, 11) is 0. The Morgan fingerprint density at radius 1 is 1.19 bits per heavy atom. The number of carbonyl (C=O) groups is 1. The Hall–Kier alpha value is -2.18. The van der Waals surface area contributed by atoms with Gasteiger partial charge in [-0.2, -0.15) is 0 Å². The van der Waals surface area contributed by atoms with Crippen LogP contribution in [0.3, 0.4) is 0 Å². The quantitative estimate of drug-likeness (QED) is 0.444. The molecule has 0 saturated heterocycles. The first kappa shape index (κ1) is 19.6. The van der Waals surface area contributed by atoms with E-state index in [4.69, 9.17) is 9.72 Å². The molecule has 4 nitrogen and oxygen atoms in total. The molecule has 1 aromatic heterocycles. The Morgan fingerprint density at radius 2 is 1.93 bits per heavy atom. The molecule has 0 aliphatic rings. The Morgan fingerprint density at radius 3 is 2.56 bits per heavy atom. The predicted octanol–water partition coefficient (Wildman–Crippen LogP) is 6.35. The van der Waals surface area contributed by atoms with Gasteiger partial charge in [-0.1, -0.05) is 28.9 Å². The molecule has 0 aliphatic carbocycles. The van der Waals surface area contributed by atoms with Crippen molar-refractivity contribution in [2.75, 3.05) is 11.5 Å². The zero-order valence-corrected chi connectivity index (χ0v) is 17.9. The number of halogens is 1. The van der Waals surface area contributed by atoms with Crippen LogP contribution in [0.4, 0.5) is 10.8 Å². The smallest absolute Gasteiger partial charge is 0.233 e. The van der Waals surface area contributed by atoms with Crippen LogP contribution in [-0.4, -0.2) is 17.5 Å². The molecule has 27 heavy (non-hydrogen) atoms. The third kappa shape index (κ3) is 4.39. The second-order valence-corrected chi connectivity index (χ2v) is 8.02. The Labute approximate surface area is 171 Å². The van der Waals surface area contributed by atoms with Gasteiger partial charge >= 0.3 is 0 Å². The number of aromatic nitrogens is 1. The van der Waals surface area contributed by atoms with Gasteiger partial charge in [0, 0.05) is 21.3 Å². The first-order chi connectivity index (χ1) is 13.0. The normalized spacial score (nSPS) is 10.7. The van der Waals surface area contributed by atoms with Crippen LogP contribution in [0.1, 0.15) is 25.1 Å². The summed E-state index contributed by atoms with van der Waals surface area (Å²) in [6, 6.07) is 15.6. The molecule has 2 aromatic carbocycles. The Kier molecular flexibility index (Phi) is 6.29. The molecule has 1 heterocycles. The fourth-order valence-electron chi connectivity index (χ4n) is 2.76. The number of hydrogen-bond donors (Lipinski definition) is 0. The number of amides is 1. The summed E-state index contributed by atoms with van der Waals surface area (Å²) in [5, 5.41) is 0.682. The maximum absolute atomic E-state index is 12.7. The van der Waals surface area contributed by atoms with E-state index in [1.165, 1.54) is 11.3 Å². The largest absolute Gasteiger partial charge is 0.494 e. The summed E-state index contributed by atoms with van der Waals surface area (Å²) < 4.78 is 6.44. The maximum atomic E-state index is 12.7. The highest BCUT2D eigenvalue weighted by molar-refractivity contribution is 9.10. The summed E-state index contributed by atoms with van der Waals surface area (Å²) in [4.78, 5) is 20.2. The minimum Gasteiger partial charge on any atom is -0.494 e. The van der Waals surface area contributed by atoms with Gasteiger partial charge in [-0.25, -0.2) is 4.98 Å². The van der Waals surface area contributed by atoms with E-state index in [0.29, 0.717) is 18.2 Å². The number of carbonyl (C=O) groups excluding carboxylic acids is 1. The molecule has 0 aliphatic heterocycles.